The molecule has 1 aliphatic rings. The maximum Gasteiger partial charge on any atom is 0.234 e. The molecule has 1 rings (SSSR count). The van der Waals surface area contributed by atoms with Crippen LogP contribution < -0.4 is 11.5 Å². The predicted molar refractivity (Wildman–Crippen MR) is 70.4 cm³/mol. The van der Waals surface area contributed by atoms with Gasteiger partial charge in [0, 0.05) is 12.1 Å². The van der Waals surface area contributed by atoms with E-state index in [1.807, 2.05) is 0 Å². The summed E-state index contributed by atoms with van der Waals surface area (Å²) in [6.07, 6.45) is 2.83. The van der Waals surface area contributed by atoms with Gasteiger partial charge in [-0.2, -0.15) is 0 Å². The van der Waals surface area contributed by atoms with Crippen molar-refractivity contribution in [3.05, 3.63) is 0 Å². The van der Waals surface area contributed by atoms with E-state index in [0.29, 0.717) is 0 Å². The van der Waals surface area contributed by atoms with Crippen LogP contribution >= 0.6 is 0 Å². The fourth-order valence-electron chi connectivity index (χ4n) is 3.04. The number of carbonyl (C=O) groups is 1. The van der Waals surface area contributed by atoms with Crippen molar-refractivity contribution in [3.63, 3.8) is 0 Å². The lowest BCUT2D eigenvalue weighted by Gasteiger charge is -2.43. The van der Waals surface area contributed by atoms with Crippen LogP contribution in [0.25, 0.3) is 0 Å². The van der Waals surface area contributed by atoms with Gasteiger partial charge in [-0.05, 0) is 31.2 Å². The van der Waals surface area contributed by atoms with Gasteiger partial charge in [0.25, 0.3) is 0 Å². The minimum Gasteiger partial charge on any atom is -0.368 e. The number of carbonyl (C=O) groups excluding carboxylic acids is 1. The van der Waals surface area contributed by atoms with Gasteiger partial charge in [0.15, 0.2) is 0 Å². The fraction of sp³-hybridized carbons (Fsp3) is 0.923. The van der Waals surface area contributed by atoms with Gasteiger partial charge in [0.1, 0.15) is 0 Å². The molecule has 4 N–H and O–H groups in total. The molecule has 3 unspecified atom stereocenters. The molecule has 4 nitrogen and oxygen atoms in total. The van der Waals surface area contributed by atoms with Gasteiger partial charge in [-0.1, -0.05) is 27.7 Å². The lowest BCUT2D eigenvalue weighted by atomic mass is 9.80. The average molecular weight is 241 g/mol. The number of nitrogens with two attached hydrogens (primary N) is 2. The van der Waals surface area contributed by atoms with Crippen LogP contribution in [0.3, 0.4) is 0 Å². The van der Waals surface area contributed by atoms with Gasteiger partial charge in [-0.15, -0.1) is 0 Å². The zero-order valence-electron chi connectivity index (χ0n) is 11.6. The van der Waals surface area contributed by atoms with Crippen molar-refractivity contribution in [2.75, 3.05) is 6.54 Å². The molecular formula is C13H27N3O. The maximum absolute atomic E-state index is 11.5. The van der Waals surface area contributed by atoms with Gasteiger partial charge in [-0.3, -0.25) is 9.69 Å². The summed E-state index contributed by atoms with van der Waals surface area (Å²) >= 11 is 0. The van der Waals surface area contributed by atoms with Gasteiger partial charge < -0.3 is 11.5 Å². The summed E-state index contributed by atoms with van der Waals surface area (Å²) in [6, 6.07) is 0.180. The number of primary amides is 1. The Morgan fingerprint density at radius 1 is 1.47 bits per heavy atom. The summed E-state index contributed by atoms with van der Waals surface area (Å²) in [5.74, 6) is -0.208. The van der Waals surface area contributed by atoms with Crippen LogP contribution in [0.1, 0.15) is 47.0 Å². The molecule has 3 atom stereocenters. The van der Waals surface area contributed by atoms with Crippen molar-refractivity contribution < 1.29 is 4.79 Å². The van der Waals surface area contributed by atoms with E-state index in [2.05, 4.69) is 32.6 Å². The van der Waals surface area contributed by atoms with Crippen molar-refractivity contribution in [2.24, 2.45) is 16.9 Å². The molecule has 1 amide bonds. The van der Waals surface area contributed by atoms with Crippen LogP contribution in [0.15, 0.2) is 0 Å². The fourth-order valence-corrected chi connectivity index (χ4v) is 3.04. The Kier molecular flexibility index (Phi) is 4.55. The van der Waals surface area contributed by atoms with E-state index in [4.69, 9.17) is 11.5 Å². The molecule has 1 saturated heterocycles. The standard InChI is InChI=1S/C13H27N3O/c1-5-9(14)11(13(2,3)4)16-8-6-7-10(16)12(15)17/h9-11H,5-8,14H2,1-4H3,(H2,15,17). The molecule has 1 aliphatic heterocycles. The molecule has 1 heterocycles. The molecule has 0 saturated carbocycles. The first-order valence-electron chi connectivity index (χ1n) is 6.59. The normalized spacial score (nSPS) is 25.8. The Bertz CT molecular complexity index is 272. The Labute approximate surface area is 105 Å². The van der Waals surface area contributed by atoms with Crippen LogP contribution in [0.5, 0.6) is 0 Å². The zero-order valence-corrected chi connectivity index (χ0v) is 11.6. The number of amides is 1. The van der Waals surface area contributed by atoms with E-state index in [9.17, 15) is 4.79 Å². The van der Waals surface area contributed by atoms with Gasteiger partial charge in [0.2, 0.25) is 5.91 Å². The lowest BCUT2D eigenvalue weighted by Crippen LogP contribution is -2.58. The van der Waals surface area contributed by atoms with Crippen molar-refractivity contribution >= 4 is 5.91 Å². The van der Waals surface area contributed by atoms with Crippen LogP contribution in [0, 0.1) is 5.41 Å². The lowest BCUT2D eigenvalue weighted by molar-refractivity contribution is -0.124. The van der Waals surface area contributed by atoms with Crippen LogP contribution in [-0.2, 0) is 4.79 Å². The Hall–Kier alpha value is -0.610. The monoisotopic (exact) mass is 241 g/mol. The number of likely N-dealkylation sites (tertiary alicyclic amines) is 1. The second kappa shape index (κ2) is 5.36. The van der Waals surface area contributed by atoms with Crippen LogP contribution in [0.2, 0.25) is 0 Å². The highest BCUT2D eigenvalue weighted by Crippen LogP contribution is 2.32. The van der Waals surface area contributed by atoms with E-state index in [1.165, 1.54) is 0 Å². The van der Waals surface area contributed by atoms with Gasteiger partial charge >= 0.3 is 0 Å². The third-order valence-electron chi connectivity index (χ3n) is 3.74. The van der Waals surface area contributed by atoms with Crippen LogP contribution in [0.4, 0.5) is 0 Å². The highest BCUT2D eigenvalue weighted by Gasteiger charge is 2.41. The van der Waals surface area contributed by atoms with E-state index in [-0.39, 0.29) is 29.4 Å². The van der Waals surface area contributed by atoms with Crippen molar-refractivity contribution in [1.82, 2.24) is 4.90 Å². The smallest absolute Gasteiger partial charge is 0.234 e. The van der Waals surface area contributed by atoms with Crippen molar-refractivity contribution in [1.29, 1.82) is 0 Å². The molecule has 0 spiro atoms. The van der Waals surface area contributed by atoms with Gasteiger partial charge in [-0.25, -0.2) is 0 Å². The molecule has 0 aliphatic carbocycles. The third-order valence-corrected chi connectivity index (χ3v) is 3.74. The van der Waals surface area contributed by atoms with Gasteiger partial charge in [0.05, 0.1) is 6.04 Å². The predicted octanol–water partition coefficient (Wildman–Crippen LogP) is 1.09. The van der Waals surface area contributed by atoms with E-state index < -0.39 is 0 Å². The number of nitrogens with zero attached hydrogens (tertiary/aromatic N) is 1. The molecular weight excluding hydrogens is 214 g/mol. The molecule has 1 fully saturated rings. The first-order valence-corrected chi connectivity index (χ1v) is 6.59. The second-order valence-electron chi connectivity index (χ2n) is 6.18. The largest absolute Gasteiger partial charge is 0.368 e. The molecule has 4 heteroatoms. The van der Waals surface area contributed by atoms with Crippen molar-refractivity contribution in [2.45, 2.75) is 65.1 Å². The molecule has 0 aromatic rings. The summed E-state index contributed by atoms with van der Waals surface area (Å²) in [7, 11) is 0. The average Bonchev–Trinajstić information content (AvgIpc) is 2.64. The van der Waals surface area contributed by atoms with E-state index in [1.54, 1.807) is 0 Å². The first kappa shape index (κ1) is 14.5. The quantitative estimate of drug-likeness (QED) is 0.774. The Morgan fingerprint density at radius 3 is 2.47 bits per heavy atom. The number of hydrogen-bond donors (Lipinski definition) is 2. The topological polar surface area (TPSA) is 72.3 Å². The minimum absolute atomic E-state index is 0.0630. The first-order chi connectivity index (χ1) is 7.79. The third kappa shape index (κ3) is 3.19. The molecule has 17 heavy (non-hydrogen) atoms. The summed E-state index contributed by atoms with van der Waals surface area (Å²) < 4.78 is 0. The van der Waals surface area contributed by atoms with Crippen LogP contribution in [-0.4, -0.2) is 35.5 Å². The summed E-state index contributed by atoms with van der Waals surface area (Å²) in [5, 5.41) is 0. The molecule has 100 valence electrons. The zero-order chi connectivity index (χ0) is 13.2. The summed E-state index contributed by atoms with van der Waals surface area (Å²) in [6.45, 7) is 9.58. The maximum atomic E-state index is 11.5. The molecule has 0 bridgehead atoms. The minimum atomic E-state index is -0.208. The second-order valence-corrected chi connectivity index (χ2v) is 6.18. The highest BCUT2D eigenvalue weighted by atomic mass is 16.1. The molecule has 0 aromatic carbocycles. The van der Waals surface area contributed by atoms with E-state index >= 15 is 0 Å². The summed E-state index contributed by atoms with van der Waals surface area (Å²) in [4.78, 5) is 13.7. The SMILES string of the molecule is CCC(N)C(N1CCCC1C(N)=O)C(C)(C)C. The molecule has 0 radical (unpaired) electrons. The highest BCUT2D eigenvalue weighted by molar-refractivity contribution is 5.80. The van der Waals surface area contributed by atoms with Crippen molar-refractivity contribution in [3.8, 4) is 0 Å². The van der Waals surface area contributed by atoms with E-state index in [0.717, 1.165) is 25.8 Å². The Morgan fingerprint density at radius 2 is 2.06 bits per heavy atom. The number of hydrogen-bond acceptors (Lipinski definition) is 3. The number of rotatable bonds is 4. The Balaban J connectivity index is 2.94. The molecule has 0 aromatic heterocycles. The summed E-state index contributed by atoms with van der Waals surface area (Å²) in [5.41, 5.74) is 11.8.